The highest BCUT2D eigenvalue weighted by Gasteiger charge is 2.20. The van der Waals surface area contributed by atoms with Crippen molar-refractivity contribution < 1.29 is 9.53 Å². The number of rotatable bonds is 6. The predicted molar refractivity (Wildman–Crippen MR) is 115 cm³/mol. The summed E-state index contributed by atoms with van der Waals surface area (Å²) in [4.78, 5) is 12.7. The minimum Gasteiger partial charge on any atom is -0.481 e. The van der Waals surface area contributed by atoms with Crippen LogP contribution in [0.25, 0.3) is 0 Å². The van der Waals surface area contributed by atoms with Gasteiger partial charge in [0.2, 0.25) is 0 Å². The number of amides is 1. The minimum atomic E-state index is -0.542. The lowest BCUT2D eigenvalue weighted by molar-refractivity contribution is -0.127. The highest BCUT2D eigenvalue weighted by Crippen LogP contribution is 2.29. The van der Waals surface area contributed by atoms with Crippen LogP contribution < -0.4 is 10.1 Å². The van der Waals surface area contributed by atoms with Gasteiger partial charge in [0.1, 0.15) is 5.75 Å². The van der Waals surface area contributed by atoms with Crippen LogP contribution in [0.4, 0.5) is 0 Å². The van der Waals surface area contributed by atoms with E-state index in [2.05, 4.69) is 49.5 Å². The van der Waals surface area contributed by atoms with Gasteiger partial charge in [-0.1, -0.05) is 44.2 Å². The van der Waals surface area contributed by atoms with Gasteiger partial charge < -0.3 is 10.1 Å². The normalized spacial score (nSPS) is 15.6. The SMILES string of the molecule is Cc1ccc(C(C)C)c(O[C@H](C)C(=O)N[C@H](C)c2ccc3c(c2)CCCC3)c1. The monoisotopic (exact) mass is 379 g/mol. The number of hydrogen-bond donors (Lipinski definition) is 1. The number of fused-ring (bicyclic) bond motifs is 1. The average molecular weight is 380 g/mol. The molecule has 3 heteroatoms. The van der Waals surface area contributed by atoms with Crippen molar-refractivity contribution >= 4 is 5.91 Å². The Morgan fingerprint density at radius 3 is 2.39 bits per heavy atom. The zero-order valence-corrected chi connectivity index (χ0v) is 17.8. The number of hydrogen-bond acceptors (Lipinski definition) is 2. The van der Waals surface area contributed by atoms with Crippen molar-refractivity contribution in [2.45, 2.75) is 78.4 Å². The van der Waals surface area contributed by atoms with Crippen molar-refractivity contribution in [2.75, 3.05) is 0 Å². The molecule has 0 bridgehead atoms. The van der Waals surface area contributed by atoms with Crippen molar-refractivity contribution in [3.63, 3.8) is 0 Å². The van der Waals surface area contributed by atoms with E-state index in [1.165, 1.54) is 36.0 Å². The van der Waals surface area contributed by atoms with Crippen LogP contribution in [-0.2, 0) is 17.6 Å². The molecule has 28 heavy (non-hydrogen) atoms. The molecule has 0 unspecified atom stereocenters. The summed E-state index contributed by atoms with van der Waals surface area (Å²) in [6.07, 6.45) is 4.32. The first-order chi connectivity index (χ1) is 13.3. The van der Waals surface area contributed by atoms with E-state index in [1.807, 2.05) is 26.8 Å². The molecule has 150 valence electrons. The molecular formula is C25H33NO2. The molecule has 1 aliphatic rings. The van der Waals surface area contributed by atoms with Crippen LogP contribution in [0, 0.1) is 6.92 Å². The third-order valence-electron chi connectivity index (χ3n) is 5.70. The molecule has 2 aromatic rings. The first kappa shape index (κ1) is 20.4. The second-order valence-electron chi connectivity index (χ2n) is 8.42. The van der Waals surface area contributed by atoms with Crippen LogP contribution in [-0.4, -0.2) is 12.0 Å². The first-order valence-electron chi connectivity index (χ1n) is 10.5. The molecule has 0 radical (unpaired) electrons. The van der Waals surface area contributed by atoms with E-state index in [1.54, 1.807) is 0 Å². The molecule has 3 rings (SSSR count). The van der Waals surface area contributed by atoms with E-state index in [0.29, 0.717) is 5.92 Å². The molecule has 0 saturated carbocycles. The van der Waals surface area contributed by atoms with Gasteiger partial charge in [0.05, 0.1) is 6.04 Å². The molecule has 3 nitrogen and oxygen atoms in total. The number of carbonyl (C=O) groups is 1. The Morgan fingerprint density at radius 2 is 1.68 bits per heavy atom. The second kappa shape index (κ2) is 8.81. The van der Waals surface area contributed by atoms with Gasteiger partial charge in [-0.3, -0.25) is 4.79 Å². The number of aryl methyl sites for hydroxylation is 3. The summed E-state index contributed by atoms with van der Waals surface area (Å²) in [6, 6.07) is 12.8. The lowest BCUT2D eigenvalue weighted by Crippen LogP contribution is -2.38. The Morgan fingerprint density at radius 1 is 0.964 bits per heavy atom. The van der Waals surface area contributed by atoms with E-state index in [4.69, 9.17) is 4.74 Å². The topological polar surface area (TPSA) is 38.3 Å². The molecule has 0 spiro atoms. The van der Waals surface area contributed by atoms with Crippen molar-refractivity contribution in [3.05, 3.63) is 64.2 Å². The van der Waals surface area contributed by atoms with E-state index in [9.17, 15) is 4.79 Å². The molecule has 1 amide bonds. The summed E-state index contributed by atoms with van der Waals surface area (Å²) in [7, 11) is 0. The fraction of sp³-hybridized carbons (Fsp3) is 0.480. The number of ether oxygens (including phenoxy) is 1. The molecule has 1 aliphatic carbocycles. The molecule has 0 saturated heterocycles. The summed E-state index contributed by atoms with van der Waals surface area (Å²) >= 11 is 0. The molecule has 2 aromatic carbocycles. The van der Waals surface area contributed by atoms with Gasteiger partial charge >= 0.3 is 0 Å². The van der Waals surface area contributed by atoms with E-state index in [0.717, 1.165) is 23.3 Å². The quantitative estimate of drug-likeness (QED) is 0.705. The second-order valence-corrected chi connectivity index (χ2v) is 8.42. The largest absolute Gasteiger partial charge is 0.481 e. The van der Waals surface area contributed by atoms with Gasteiger partial charge in [-0.2, -0.15) is 0 Å². The standard InChI is InChI=1S/C25H33NO2/c1-16(2)23-13-10-17(3)14-24(23)28-19(5)25(27)26-18(4)21-12-11-20-8-6-7-9-22(20)15-21/h10-16,18-19H,6-9H2,1-5H3,(H,26,27)/t18-,19-/m1/s1. The van der Waals surface area contributed by atoms with Crippen LogP contribution in [0.1, 0.15) is 80.3 Å². The summed E-state index contributed by atoms with van der Waals surface area (Å²) in [5.41, 5.74) is 6.34. The summed E-state index contributed by atoms with van der Waals surface area (Å²) in [6.45, 7) is 10.2. The van der Waals surface area contributed by atoms with E-state index < -0.39 is 6.10 Å². The van der Waals surface area contributed by atoms with Crippen molar-refractivity contribution in [1.82, 2.24) is 5.32 Å². The maximum Gasteiger partial charge on any atom is 0.261 e. The van der Waals surface area contributed by atoms with Gasteiger partial charge in [0.15, 0.2) is 6.10 Å². The summed E-state index contributed by atoms with van der Waals surface area (Å²) < 4.78 is 6.06. The molecule has 0 fully saturated rings. The number of nitrogens with one attached hydrogen (secondary N) is 1. The van der Waals surface area contributed by atoms with E-state index >= 15 is 0 Å². The smallest absolute Gasteiger partial charge is 0.261 e. The third-order valence-corrected chi connectivity index (χ3v) is 5.70. The van der Waals surface area contributed by atoms with Gasteiger partial charge in [0.25, 0.3) is 5.91 Å². The van der Waals surface area contributed by atoms with E-state index in [-0.39, 0.29) is 11.9 Å². The lowest BCUT2D eigenvalue weighted by Gasteiger charge is -2.23. The molecule has 0 aromatic heterocycles. The number of carbonyl (C=O) groups excluding carboxylic acids is 1. The van der Waals surface area contributed by atoms with Crippen molar-refractivity contribution in [1.29, 1.82) is 0 Å². The zero-order chi connectivity index (χ0) is 20.3. The van der Waals surface area contributed by atoms with Gasteiger partial charge in [-0.25, -0.2) is 0 Å². The maximum atomic E-state index is 12.7. The Labute approximate surface area is 169 Å². The van der Waals surface area contributed by atoms with Crippen LogP contribution in [0.5, 0.6) is 5.75 Å². The average Bonchev–Trinajstić information content (AvgIpc) is 2.67. The third kappa shape index (κ3) is 4.76. The lowest BCUT2D eigenvalue weighted by atomic mass is 9.89. The Balaban J connectivity index is 1.67. The molecule has 0 aliphatic heterocycles. The minimum absolute atomic E-state index is 0.0344. The molecule has 2 atom stereocenters. The molecular weight excluding hydrogens is 346 g/mol. The zero-order valence-electron chi connectivity index (χ0n) is 17.8. The van der Waals surface area contributed by atoms with Crippen LogP contribution in [0.2, 0.25) is 0 Å². The predicted octanol–water partition coefficient (Wildman–Crippen LogP) is 5.64. The summed E-state index contributed by atoms with van der Waals surface area (Å²) in [5.74, 6) is 1.07. The van der Waals surface area contributed by atoms with Gasteiger partial charge in [-0.05, 0) is 86.3 Å². The fourth-order valence-corrected chi connectivity index (χ4v) is 3.90. The van der Waals surface area contributed by atoms with Crippen molar-refractivity contribution in [3.8, 4) is 5.75 Å². The van der Waals surface area contributed by atoms with Crippen molar-refractivity contribution in [2.24, 2.45) is 0 Å². The number of benzene rings is 2. The van der Waals surface area contributed by atoms with Gasteiger partial charge in [-0.15, -0.1) is 0 Å². The van der Waals surface area contributed by atoms with Crippen LogP contribution >= 0.6 is 0 Å². The van der Waals surface area contributed by atoms with Crippen LogP contribution in [0.3, 0.4) is 0 Å². The highest BCUT2D eigenvalue weighted by atomic mass is 16.5. The Kier molecular flexibility index (Phi) is 6.43. The molecule has 1 N–H and O–H groups in total. The Hall–Kier alpha value is -2.29. The first-order valence-corrected chi connectivity index (χ1v) is 10.5. The molecule has 0 heterocycles. The highest BCUT2D eigenvalue weighted by molar-refractivity contribution is 5.81. The Bertz CT molecular complexity index is 840. The summed E-state index contributed by atoms with van der Waals surface area (Å²) in [5, 5.41) is 3.12. The van der Waals surface area contributed by atoms with Gasteiger partial charge in [0, 0.05) is 0 Å². The maximum absolute atomic E-state index is 12.7. The fourth-order valence-electron chi connectivity index (χ4n) is 3.90. The van der Waals surface area contributed by atoms with Crippen LogP contribution in [0.15, 0.2) is 36.4 Å².